The summed E-state index contributed by atoms with van der Waals surface area (Å²) in [6, 6.07) is 9.91. The van der Waals surface area contributed by atoms with Crippen molar-refractivity contribution in [2.75, 3.05) is 16.6 Å². The normalized spacial score (nSPS) is 16.6. The standard InChI is InChI=1S/C15H17N3O3S/c1-17-15-13(10-16-17)14(19)11-22(20,21)18(15)9-5-8-12-6-3-2-4-7-12/h2-4,6-7,10H,5,8-9,11H2,1H3. The lowest BCUT2D eigenvalue weighted by molar-refractivity contribution is 0.102. The lowest BCUT2D eigenvalue weighted by Crippen LogP contribution is -2.42. The van der Waals surface area contributed by atoms with Gasteiger partial charge in [0, 0.05) is 13.6 Å². The van der Waals surface area contributed by atoms with Gasteiger partial charge >= 0.3 is 0 Å². The van der Waals surface area contributed by atoms with Crippen molar-refractivity contribution in [1.82, 2.24) is 9.78 Å². The maximum Gasteiger partial charge on any atom is 0.243 e. The highest BCUT2D eigenvalue weighted by molar-refractivity contribution is 7.93. The maximum absolute atomic E-state index is 12.3. The second kappa shape index (κ2) is 5.57. The van der Waals surface area contributed by atoms with Gasteiger partial charge < -0.3 is 0 Å². The zero-order valence-corrected chi connectivity index (χ0v) is 13.1. The summed E-state index contributed by atoms with van der Waals surface area (Å²) in [5.41, 5.74) is 1.55. The number of carbonyl (C=O) groups excluding carboxylic acids is 1. The second-order valence-electron chi connectivity index (χ2n) is 5.35. The number of nitrogens with zero attached hydrogens (tertiary/aromatic N) is 3. The van der Waals surface area contributed by atoms with Crippen LogP contribution in [0.25, 0.3) is 0 Å². The van der Waals surface area contributed by atoms with E-state index < -0.39 is 15.8 Å². The van der Waals surface area contributed by atoms with Crippen LogP contribution in [0.5, 0.6) is 0 Å². The number of sulfonamides is 1. The summed E-state index contributed by atoms with van der Waals surface area (Å²) < 4.78 is 27.4. The first-order chi connectivity index (χ1) is 10.5. The van der Waals surface area contributed by atoms with E-state index >= 15 is 0 Å². The largest absolute Gasteiger partial charge is 0.293 e. The minimum absolute atomic E-state index is 0.344. The highest BCUT2D eigenvalue weighted by Gasteiger charge is 2.37. The van der Waals surface area contributed by atoms with Crippen LogP contribution in [0, 0.1) is 0 Å². The molecule has 0 unspecified atom stereocenters. The van der Waals surface area contributed by atoms with Gasteiger partial charge in [-0.3, -0.25) is 13.8 Å². The van der Waals surface area contributed by atoms with Gasteiger partial charge in [-0.15, -0.1) is 0 Å². The van der Waals surface area contributed by atoms with Gasteiger partial charge in [-0.25, -0.2) is 8.42 Å². The predicted molar refractivity (Wildman–Crippen MR) is 83.4 cm³/mol. The summed E-state index contributed by atoms with van der Waals surface area (Å²) in [5, 5.41) is 4.02. The number of hydrogen-bond acceptors (Lipinski definition) is 4. The molecule has 0 bridgehead atoms. The molecule has 1 aliphatic heterocycles. The molecular weight excluding hydrogens is 302 g/mol. The van der Waals surface area contributed by atoms with Crippen molar-refractivity contribution in [1.29, 1.82) is 0 Å². The number of aryl methyl sites for hydroxylation is 2. The van der Waals surface area contributed by atoms with E-state index in [0.717, 1.165) is 6.42 Å². The molecule has 0 saturated carbocycles. The Bertz CT molecular complexity index is 797. The molecule has 1 aliphatic rings. The van der Waals surface area contributed by atoms with E-state index in [9.17, 15) is 13.2 Å². The molecule has 0 saturated heterocycles. The van der Waals surface area contributed by atoms with Crippen molar-refractivity contribution in [3.8, 4) is 0 Å². The average molecular weight is 319 g/mol. The molecule has 22 heavy (non-hydrogen) atoms. The fourth-order valence-electron chi connectivity index (χ4n) is 2.69. The topological polar surface area (TPSA) is 72.3 Å². The Hall–Kier alpha value is -2.15. The zero-order valence-electron chi connectivity index (χ0n) is 12.3. The molecule has 0 fully saturated rings. The summed E-state index contributed by atoms with van der Waals surface area (Å²) in [4.78, 5) is 11.9. The fourth-order valence-corrected chi connectivity index (χ4v) is 4.22. The molecule has 0 amide bonds. The summed E-state index contributed by atoms with van der Waals surface area (Å²) in [7, 11) is -1.96. The first-order valence-electron chi connectivity index (χ1n) is 7.08. The third-order valence-electron chi connectivity index (χ3n) is 3.76. The molecule has 1 aromatic carbocycles. The van der Waals surface area contributed by atoms with Gasteiger partial charge in [0.15, 0.2) is 11.6 Å². The van der Waals surface area contributed by atoms with Crippen LogP contribution in [-0.2, 0) is 23.5 Å². The van der Waals surface area contributed by atoms with Crippen molar-refractivity contribution in [2.24, 2.45) is 7.05 Å². The van der Waals surface area contributed by atoms with Gasteiger partial charge in [0.25, 0.3) is 0 Å². The molecule has 1 aromatic heterocycles. The molecule has 0 aliphatic carbocycles. The Kier molecular flexibility index (Phi) is 3.74. The van der Waals surface area contributed by atoms with Crippen LogP contribution in [0.1, 0.15) is 22.3 Å². The number of fused-ring (bicyclic) bond motifs is 1. The van der Waals surface area contributed by atoms with Gasteiger partial charge in [0.05, 0.1) is 11.8 Å². The van der Waals surface area contributed by atoms with Crippen LogP contribution in [0.4, 0.5) is 5.82 Å². The number of rotatable bonds is 4. The van der Waals surface area contributed by atoms with Crippen LogP contribution < -0.4 is 4.31 Å². The van der Waals surface area contributed by atoms with Gasteiger partial charge in [0.2, 0.25) is 10.0 Å². The van der Waals surface area contributed by atoms with Crippen LogP contribution in [0.15, 0.2) is 36.5 Å². The highest BCUT2D eigenvalue weighted by atomic mass is 32.2. The first kappa shape index (κ1) is 14.8. The van der Waals surface area contributed by atoms with Crippen molar-refractivity contribution in [2.45, 2.75) is 12.8 Å². The lowest BCUT2D eigenvalue weighted by atomic mass is 10.1. The van der Waals surface area contributed by atoms with E-state index in [0.29, 0.717) is 24.3 Å². The Labute approximate surface area is 129 Å². The van der Waals surface area contributed by atoms with Gasteiger partial charge in [-0.05, 0) is 18.4 Å². The number of ketones is 1. The lowest BCUT2D eigenvalue weighted by Gasteiger charge is -2.28. The van der Waals surface area contributed by atoms with Crippen molar-refractivity contribution < 1.29 is 13.2 Å². The minimum atomic E-state index is -3.61. The molecule has 0 radical (unpaired) electrons. The van der Waals surface area contributed by atoms with Crippen molar-refractivity contribution in [3.05, 3.63) is 47.7 Å². The minimum Gasteiger partial charge on any atom is -0.293 e. The number of carbonyl (C=O) groups is 1. The molecule has 0 N–H and O–H groups in total. The third kappa shape index (κ3) is 2.64. The van der Waals surface area contributed by atoms with E-state index in [1.54, 1.807) is 7.05 Å². The average Bonchev–Trinajstić information content (AvgIpc) is 2.85. The van der Waals surface area contributed by atoms with Crippen LogP contribution in [0.2, 0.25) is 0 Å². The summed E-state index contributed by atoms with van der Waals surface area (Å²) in [6.07, 6.45) is 2.91. The first-order valence-corrected chi connectivity index (χ1v) is 8.69. The number of benzene rings is 1. The molecular formula is C15H17N3O3S. The van der Waals surface area contributed by atoms with Gasteiger partial charge in [0.1, 0.15) is 5.75 Å². The van der Waals surface area contributed by atoms with Crippen molar-refractivity contribution >= 4 is 21.6 Å². The van der Waals surface area contributed by atoms with E-state index in [-0.39, 0.29) is 5.78 Å². The molecule has 2 heterocycles. The SMILES string of the molecule is Cn1ncc2c1N(CCCc1ccccc1)S(=O)(=O)CC2=O. The Morgan fingerprint density at radius 2 is 1.95 bits per heavy atom. The second-order valence-corrected chi connectivity index (χ2v) is 7.24. The maximum atomic E-state index is 12.3. The third-order valence-corrected chi connectivity index (χ3v) is 5.42. The van der Waals surface area contributed by atoms with Gasteiger partial charge in [-0.1, -0.05) is 30.3 Å². The molecule has 0 atom stereocenters. The summed E-state index contributed by atoms with van der Waals surface area (Å²) >= 11 is 0. The van der Waals surface area contributed by atoms with Crippen LogP contribution >= 0.6 is 0 Å². The van der Waals surface area contributed by atoms with Crippen LogP contribution in [-0.4, -0.2) is 36.3 Å². The predicted octanol–water partition coefficient (Wildman–Crippen LogP) is 1.39. The van der Waals surface area contributed by atoms with E-state index in [1.165, 1.54) is 20.7 Å². The smallest absolute Gasteiger partial charge is 0.243 e. The molecule has 0 spiro atoms. The number of aromatic nitrogens is 2. The van der Waals surface area contributed by atoms with Crippen LogP contribution in [0.3, 0.4) is 0 Å². The zero-order chi connectivity index (χ0) is 15.7. The van der Waals surface area contributed by atoms with E-state index in [4.69, 9.17) is 0 Å². The monoisotopic (exact) mass is 319 g/mol. The fraction of sp³-hybridized carbons (Fsp3) is 0.333. The molecule has 3 rings (SSSR count). The van der Waals surface area contributed by atoms with Gasteiger partial charge in [-0.2, -0.15) is 5.10 Å². The Morgan fingerprint density at radius 3 is 2.68 bits per heavy atom. The summed E-state index contributed by atoms with van der Waals surface area (Å²) in [5.74, 6) is -0.483. The highest BCUT2D eigenvalue weighted by Crippen LogP contribution is 2.29. The number of hydrogen-bond donors (Lipinski definition) is 0. The quantitative estimate of drug-likeness (QED) is 0.853. The molecule has 7 heteroatoms. The number of anilines is 1. The molecule has 6 nitrogen and oxygen atoms in total. The van der Waals surface area contributed by atoms with Crippen molar-refractivity contribution in [3.63, 3.8) is 0 Å². The van der Waals surface area contributed by atoms with E-state index in [1.807, 2.05) is 30.3 Å². The number of Topliss-reactive ketones (excluding diaryl/α,β-unsaturated/α-hetero) is 1. The summed E-state index contributed by atoms with van der Waals surface area (Å²) in [6.45, 7) is 0.344. The molecule has 116 valence electrons. The molecule has 2 aromatic rings. The van der Waals surface area contributed by atoms with E-state index in [2.05, 4.69) is 5.10 Å². The Balaban J connectivity index is 1.81. The Morgan fingerprint density at radius 1 is 1.23 bits per heavy atom.